The lowest BCUT2D eigenvalue weighted by Gasteiger charge is -2.10. The van der Waals surface area contributed by atoms with Crippen molar-refractivity contribution in [1.82, 2.24) is 15.0 Å². The van der Waals surface area contributed by atoms with Crippen molar-refractivity contribution in [2.24, 2.45) is 0 Å². The van der Waals surface area contributed by atoms with Crippen LogP contribution in [-0.4, -0.2) is 20.1 Å². The number of anilines is 2. The molecule has 0 atom stereocenters. The van der Waals surface area contributed by atoms with Gasteiger partial charge in [-0.3, -0.25) is 4.98 Å². The summed E-state index contributed by atoms with van der Waals surface area (Å²) in [5.41, 5.74) is 0.490. The minimum absolute atomic E-state index is 0.0153. The number of pyridine rings is 1. The van der Waals surface area contributed by atoms with Crippen LogP contribution in [0.4, 0.5) is 24.8 Å². The Kier molecular flexibility index (Phi) is 4.03. The van der Waals surface area contributed by atoms with Crippen molar-refractivity contribution in [3.8, 4) is 17.0 Å². The highest BCUT2D eigenvalue weighted by Crippen LogP contribution is 2.31. The van der Waals surface area contributed by atoms with E-state index >= 15 is 0 Å². The Hall–Kier alpha value is -3.16. The number of alkyl halides is 3. The van der Waals surface area contributed by atoms with Crippen LogP contribution >= 0.6 is 0 Å². The van der Waals surface area contributed by atoms with Gasteiger partial charge in [0.25, 0.3) is 0 Å². The Morgan fingerprint density at radius 1 is 1.04 bits per heavy atom. The summed E-state index contributed by atoms with van der Waals surface area (Å²) < 4.78 is 38.2. The first kappa shape index (κ1) is 15.7. The SMILES string of the molecule is Oc1cncc(-c2ccnc(Nc3cccc(C(F)(F)F)c3)n2)c1. The molecule has 1 aromatic carbocycles. The van der Waals surface area contributed by atoms with Crippen LogP contribution in [0.1, 0.15) is 5.56 Å². The monoisotopic (exact) mass is 332 g/mol. The van der Waals surface area contributed by atoms with Gasteiger partial charge in [-0.1, -0.05) is 6.07 Å². The minimum atomic E-state index is -4.42. The molecule has 0 saturated heterocycles. The molecule has 8 heteroatoms. The van der Waals surface area contributed by atoms with Crippen molar-refractivity contribution in [3.63, 3.8) is 0 Å². The van der Waals surface area contributed by atoms with Crippen molar-refractivity contribution in [3.05, 3.63) is 60.6 Å². The molecule has 0 radical (unpaired) electrons. The van der Waals surface area contributed by atoms with Gasteiger partial charge < -0.3 is 10.4 Å². The van der Waals surface area contributed by atoms with E-state index in [2.05, 4.69) is 20.3 Å². The summed E-state index contributed by atoms with van der Waals surface area (Å²) in [4.78, 5) is 12.1. The van der Waals surface area contributed by atoms with Crippen LogP contribution in [0.15, 0.2) is 55.0 Å². The molecule has 0 aliphatic heterocycles. The van der Waals surface area contributed by atoms with Crippen molar-refractivity contribution < 1.29 is 18.3 Å². The van der Waals surface area contributed by atoms with Crippen LogP contribution in [0.3, 0.4) is 0 Å². The second-order valence-electron chi connectivity index (χ2n) is 4.90. The minimum Gasteiger partial charge on any atom is -0.506 e. The van der Waals surface area contributed by atoms with Crippen LogP contribution < -0.4 is 5.32 Å². The molecular weight excluding hydrogens is 321 g/mol. The lowest BCUT2D eigenvalue weighted by atomic mass is 10.2. The first-order chi connectivity index (χ1) is 11.4. The number of aromatic hydroxyl groups is 1. The third-order valence-corrected chi connectivity index (χ3v) is 3.12. The van der Waals surface area contributed by atoms with Gasteiger partial charge in [0.1, 0.15) is 5.75 Å². The van der Waals surface area contributed by atoms with Crippen molar-refractivity contribution in [2.75, 3.05) is 5.32 Å². The van der Waals surface area contributed by atoms with E-state index < -0.39 is 11.7 Å². The smallest absolute Gasteiger partial charge is 0.416 e. The second kappa shape index (κ2) is 6.15. The summed E-state index contributed by atoms with van der Waals surface area (Å²) in [6.45, 7) is 0. The highest BCUT2D eigenvalue weighted by Gasteiger charge is 2.30. The molecule has 0 saturated carbocycles. The highest BCUT2D eigenvalue weighted by atomic mass is 19.4. The molecule has 0 aliphatic carbocycles. The molecule has 0 unspecified atom stereocenters. The number of halogens is 3. The zero-order valence-corrected chi connectivity index (χ0v) is 12.1. The quantitative estimate of drug-likeness (QED) is 0.758. The first-order valence-electron chi connectivity index (χ1n) is 6.83. The van der Waals surface area contributed by atoms with Gasteiger partial charge in [-0.25, -0.2) is 9.97 Å². The number of benzene rings is 1. The Morgan fingerprint density at radius 3 is 2.62 bits per heavy atom. The summed E-state index contributed by atoms with van der Waals surface area (Å²) >= 11 is 0. The topological polar surface area (TPSA) is 70.9 Å². The van der Waals surface area contributed by atoms with E-state index in [9.17, 15) is 18.3 Å². The van der Waals surface area contributed by atoms with Gasteiger partial charge in [0.2, 0.25) is 5.95 Å². The van der Waals surface area contributed by atoms with Crippen LogP contribution in [-0.2, 0) is 6.18 Å². The molecule has 2 aromatic heterocycles. The van der Waals surface area contributed by atoms with Crippen molar-refractivity contribution in [1.29, 1.82) is 0 Å². The molecule has 24 heavy (non-hydrogen) atoms. The fourth-order valence-corrected chi connectivity index (χ4v) is 2.05. The van der Waals surface area contributed by atoms with Crippen molar-refractivity contribution in [2.45, 2.75) is 6.18 Å². The molecular formula is C16H11F3N4O. The number of hydrogen-bond acceptors (Lipinski definition) is 5. The van der Waals surface area contributed by atoms with Crippen LogP contribution in [0.2, 0.25) is 0 Å². The lowest BCUT2D eigenvalue weighted by Crippen LogP contribution is -2.05. The molecule has 3 aromatic rings. The summed E-state index contributed by atoms with van der Waals surface area (Å²) in [6, 6.07) is 7.83. The van der Waals surface area contributed by atoms with Gasteiger partial charge in [-0.05, 0) is 30.3 Å². The van der Waals surface area contributed by atoms with E-state index in [0.29, 0.717) is 11.3 Å². The van der Waals surface area contributed by atoms with Gasteiger partial charge in [0.05, 0.1) is 17.5 Å². The van der Waals surface area contributed by atoms with E-state index in [-0.39, 0.29) is 17.4 Å². The number of nitrogens with zero attached hydrogens (tertiary/aromatic N) is 3. The molecule has 2 N–H and O–H groups in total. The normalized spacial score (nSPS) is 11.3. The Morgan fingerprint density at radius 2 is 1.88 bits per heavy atom. The first-order valence-corrected chi connectivity index (χ1v) is 6.83. The molecule has 122 valence electrons. The number of hydrogen-bond donors (Lipinski definition) is 2. The highest BCUT2D eigenvalue weighted by molar-refractivity contribution is 5.62. The summed E-state index contributed by atoms with van der Waals surface area (Å²) in [6.07, 6.45) is -0.168. The van der Waals surface area contributed by atoms with E-state index in [1.807, 2.05) is 0 Å². The van der Waals surface area contributed by atoms with Gasteiger partial charge in [-0.2, -0.15) is 13.2 Å². The fraction of sp³-hybridized carbons (Fsp3) is 0.0625. The van der Waals surface area contributed by atoms with Crippen LogP contribution in [0.5, 0.6) is 5.75 Å². The third-order valence-electron chi connectivity index (χ3n) is 3.12. The Balaban J connectivity index is 1.88. The molecule has 0 fully saturated rings. The molecule has 0 spiro atoms. The number of rotatable bonds is 3. The van der Waals surface area contributed by atoms with Gasteiger partial charge in [0.15, 0.2) is 0 Å². The largest absolute Gasteiger partial charge is 0.506 e. The van der Waals surface area contributed by atoms with Gasteiger partial charge in [0, 0.05) is 23.6 Å². The van der Waals surface area contributed by atoms with Crippen LogP contribution in [0, 0.1) is 0 Å². The Labute approximate surface area is 134 Å². The van der Waals surface area contributed by atoms with E-state index in [1.165, 1.54) is 36.8 Å². The summed E-state index contributed by atoms with van der Waals surface area (Å²) in [7, 11) is 0. The third kappa shape index (κ3) is 3.60. The predicted molar refractivity (Wildman–Crippen MR) is 81.7 cm³/mol. The maximum atomic E-state index is 12.7. The summed E-state index contributed by atoms with van der Waals surface area (Å²) in [5.74, 6) is 0.119. The van der Waals surface area contributed by atoms with E-state index in [1.54, 1.807) is 6.07 Å². The van der Waals surface area contributed by atoms with Crippen LogP contribution in [0.25, 0.3) is 11.3 Å². The second-order valence-corrected chi connectivity index (χ2v) is 4.90. The molecule has 2 heterocycles. The van der Waals surface area contributed by atoms with Crippen molar-refractivity contribution >= 4 is 11.6 Å². The maximum absolute atomic E-state index is 12.7. The molecule has 3 rings (SSSR count). The number of aromatic nitrogens is 3. The molecule has 0 bridgehead atoms. The number of nitrogens with one attached hydrogen (secondary N) is 1. The summed E-state index contributed by atoms with van der Waals surface area (Å²) in [5, 5.41) is 12.2. The van der Waals surface area contributed by atoms with E-state index in [0.717, 1.165) is 12.1 Å². The molecule has 0 amide bonds. The average molecular weight is 332 g/mol. The zero-order chi connectivity index (χ0) is 17.2. The lowest BCUT2D eigenvalue weighted by molar-refractivity contribution is -0.137. The zero-order valence-electron chi connectivity index (χ0n) is 12.1. The molecule has 0 aliphatic rings. The van der Waals surface area contributed by atoms with Gasteiger partial charge >= 0.3 is 6.18 Å². The standard InChI is InChI=1S/C16H11F3N4O/c17-16(18,19)11-2-1-3-12(7-11)22-15-21-5-4-14(23-15)10-6-13(24)9-20-8-10/h1-9,24H,(H,21,22,23). The predicted octanol–water partition coefficient (Wildman–Crippen LogP) is 4.01. The average Bonchev–Trinajstić information content (AvgIpc) is 2.55. The molecule has 5 nitrogen and oxygen atoms in total. The van der Waals surface area contributed by atoms with Gasteiger partial charge in [-0.15, -0.1) is 0 Å². The van der Waals surface area contributed by atoms with E-state index in [4.69, 9.17) is 0 Å². The Bertz CT molecular complexity index is 868. The maximum Gasteiger partial charge on any atom is 0.416 e. The fourth-order valence-electron chi connectivity index (χ4n) is 2.05.